The van der Waals surface area contributed by atoms with Gasteiger partial charge in [-0.3, -0.25) is 0 Å². The second kappa shape index (κ2) is 9.74. The molecule has 30 heavy (non-hydrogen) atoms. The van der Waals surface area contributed by atoms with Crippen LogP contribution in [0.15, 0.2) is 59.2 Å². The maximum absolute atomic E-state index is 13.0. The molecule has 0 amide bonds. The fourth-order valence-electron chi connectivity index (χ4n) is 3.85. The largest absolute Gasteiger partial charge is 0.511 e. The highest BCUT2D eigenvalue weighted by molar-refractivity contribution is 8.03. The van der Waals surface area contributed by atoms with Crippen molar-refractivity contribution in [2.75, 3.05) is 0 Å². The number of rotatable bonds is 8. The molecule has 3 nitrogen and oxygen atoms in total. The first-order valence-corrected chi connectivity index (χ1v) is 11.7. The standard InChI is InChI=1S/C26H32O3S/c1-5-18(2)13-14-26(22-9-7-6-8-10-22)16-23(27)24(25(28)29-26)30-17-21-15-19(3)11-12-20(21)4/h6-12,15,18,27H,5,13-14,16-17H2,1-4H3. The van der Waals surface area contributed by atoms with Gasteiger partial charge in [0.1, 0.15) is 16.3 Å². The SMILES string of the molecule is CCC(C)CCC1(c2ccccc2)CC(O)=C(SCc2cc(C)ccc2C)C(=O)O1. The smallest absolute Gasteiger partial charge is 0.348 e. The van der Waals surface area contributed by atoms with Gasteiger partial charge in [0, 0.05) is 5.75 Å². The maximum atomic E-state index is 13.0. The van der Waals surface area contributed by atoms with Gasteiger partial charge in [0.2, 0.25) is 0 Å². The zero-order chi connectivity index (χ0) is 21.7. The number of carbonyl (C=O) groups is 1. The zero-order valence-corrected chi connectivity index (χ0v) is 19.2. The second-order valence-corrected chi connectivity index (χ2v) is 9.46. The lowest BCUT2D eigenvalue weighted by Crippen LogP contribution is -2.38. The van der Waals surface area contributed by atoms with Crippen molar-refractivity contribution in [3.63, 3.8) is 0 Å². The minimum absolute atomic E-state index is 0.148. The molecule has 0 bridgehead atoms. The van der Waals surface area contributed by atoms with Gasteiger partial charge in [0.25, 0.3) is 0 Å². The summed E-state index contributed by atoms with van der Waals surface area (Å²) in [7, 11) is 0. The van der Waals surface area contributed by atoms with Crippen molar-refractivity contribution in [2.24, 2.45) is 5.92 Å². The van der Waals surface area contributed by atoms with Crippen LogP contribution in [0.25, 0.3) is 0 Å². The molecule has 1 N–H and O–H groups in total. The van der Waals surface area contributed by atoms with E-state index in [1.807, 2.05) is 30.3 Å². The van der Waals surface area contributed by atoms with Crippen LogP contribution >= 0.6 is 11.8 Å². The van der Waals surface area contributed by atoms with Crippen LogP contribution in [0.2, 0.25) is 0 Å². The molecule has 2 atom stereocenters. The van der Waals surface area contributed by atoms with Crippen molar-refractivity contribution in [3.8, 4) is 0 Å². The van der Waals surface area contributed by atoms with Crippen molar-refractivity contribution in [1.29, 1.82) is 0 Å². The maximum Gasteiger partial charge on any atom is 0.348 e. The van der Waals surface area contributed by atoms with E-state index in [1.165, 1.54) is 28.5 Å². The zero-order valence-electron chi connectivity index (χ0n) is 18.4. The number of esters is 1. The summed E-state index contributed by atoms with van der Waals surface area (Å²) in [4.78, 5) is 13.4. The summed E-state index contributed by atoms with van der Waals surface area (Å²) >= 11 is 1.37. The van der Waals surface area contributed by atoms with E-state index in [0.717, 1.165) is 18.4 Å². The van der Waals surface area contributed by atoms with Crippen molar-refractivity contribution in [3.05, 3.63) is 81.4 Å². The van der Waals surface area contributed by atoms with Crippen molar-refractivity contribution >= 4 is 17.7 Å². The van der Waals surface area contributed by atoms with E-state index in [0.29, 0.717) is 29.4 Å². The van der Waals surface area contributed by atoms with E-state index in [9.17, 15) is 9.90 Å². The first-order chi connectivity index (χ1) is 14.3. The lowest BCUT2D eigenvalue weighted by Gasteiger charge is -2.38. The fraction of sp³-hybridized carbons (Fsp3) is 0.423. The van der Waals surface area contributed by atoms with E-state index in [1.54, 1.807) is 0 Å². The summed E-state index contributed by atoms with van der Waals surface area (Å²) in [5.74, 6) is 0.903. The second-order valence-electron chi connectivity index (χ2n) is 8.47. The molecule has 0 fully saturated rings. The lowest BCUT2D eigenvalue weighted by molar-refractivity contribution is -0.160. The van der Waals surface area contributed by atoms with Crippen LogP contribution in [0.1, 0.15) is 61.8 Å². The first kappa shape index (κ1) is 22.5. The number of carbonyl (C=O) groups excluding carboxylic acids is 1. The molecule has 0 radical (unpaired) electrons. The van der Waals surface area contributed by atoms with Gasteiger partial charge in [-0.2, -0.15) is 0 Å². The van der Waals surface area contributed by atoms with Crippen LogP contribution in [0.3, 0.4) is 0 Å². The van der Waals surface area contributed by atoms with E-state index in [2.05, 4.69) is 45.9 Å². The number of hydrogen-bond acceptors (Lipinski definition) is 4. The van der Waals surface area contributed by atoms with E-state index in [-0.39, 0.29) is 5.76 Å². The van der Waals surface area contributed by atoms with Gasteiger partial charge >= 0.3 is 5.97 Å². The molecule has 0 aliphatic carbocycles. The van der Waals surface area contributed by atoms with Gasteiger partial charge < -0.3 is 9.84 Å². The third kappa shape index (κ3) is 5.10. The number of ether oxygens (including phenoxy) is 1. The Labute approximate surface area is 184 Å². The van der Waals surface area contributed by atoms with E-state index in [4.69, 9.17) is 4.74 Å². The molecule has 1 aliphatic rings. The Balaban J connectivity index is 1.85. The predicted octanol–water partition coefficient (Wildman–Crippen LogP) is 6.97. The van der Waals surface area contributed by atoms with Crippen LogP contribution in [0.5, 0.6) is 0 Å². The Hall–Kier alpha value is -2.20. The summed E-state index contributed by atoms with van der Waals surface area (Å²) in [6, 6.07) is 16.2. The number of cyclic esters (lactones) is 1. The average molecular weight is 425 g/mol. The van der Waals surface area contributed by atoms with Gasteiger partial charge in [-0.1, -0.05) is 74.4 Å². The molecule has 0 aromatic heterocycles. The summed E-state index contributed by atoms with van der Waals surface area (Å²) in [6.07, 6.45) is 3.06. The Bertz CT molecular complexity index is 919. The Morgan fingerprint density at radius 3 is 2.57 bits per heavy atom. The summed E-state index contributed by atoms with van der Waals surface area (Å²) in [6.45, 7) is 8.51. The molecule has 2 aromatic carbocycles. The minimum atomic E-state index is -0.796. The number of benzene rings is 2. The van der Waals surface area contributed by atoms with Crippen LogP contribution in [-0.2, 0) is 20.9 Å². The third-order valence-corrected chi connectivity index (χ3v) is 7.25. The highest BCUT2D eigenvalue weighted by Gasteiger charge is 2.43. The highest BCUT2D eigenvalue weighted by Crippen LogP contribution is 2.44. The molecule has 3 rings (SSSR count). The molecule has 2 unspecified atom stereocenters. The van der Waals surface area contributed by atoms with Crippen molar-refractivity contribution < 1.29 is 14.6 Å². The normalized spacial score (nSPS) is 20.2. The Morgan fingerprint density at radius 2 is 1.90 bits per heavy atom. The Morgan fingerprint density at radius 1 is 1.17 bits per heavy atom. The van der Waals surface area contributed by atoms with Gasteiger partial charge in [-0.05, 0) is 49.3 Å². The summed E-state index contributed by atoms with van der Waals surface area (Å²) in [5, 5.41) is 10.9. The predicted molar refractivity (Wildman–Crippen MR) is 124 cm³/mol. The molecule has 0 spiro atoms. The van der Waals surface area contributed by atoms with Gasteiger partial charge in [0.15, 0.2) is 0 Å². The molecule has 2 aromatic rings. The summed E-state index contributed by atoms with van der Waals surface area (Å²) in [5.41, 5.74) is 3.70. The molecule has 4 heteroatoms. The average Bonchev–Trinajstić information content (AvgIpc) is 2.74. The molecule has 1 aliphatic heterocycles. The number of aliphatic hydroxyl groups is 1. The molecular formula is C26H32O3S. The molecule has 0 saturated heterocycles. The van der Waals surface area contributed by atoms with Gasteiger partial charge in [0.05, 0.1) is 6.42 Å². The van der Waals surface area contributed by atoms with Crippen molar-refractivity contribution in [2.45, 2.75) is 64.7 Å². The van der Waals surface area contributed by atoms with E-state index >= 15 is 0 Å². The number of hydrogen-bond donors (Lipinski definition) is 1. The first-order valence-electron chi connectivity index (χ1n) is 10.7. The molecule has 160 valence electrons. The summed E-state index contributed by atoms with van der Waals surface area (Å²) < 4.78 is 6.10. The number of aryl methyl sites for hydroxylation is 2. The van der Waals surface area contributed by atoms with Crippen LogP contribution in [0.4, 0.5) is 0 Å². The van der Waals surface area contributed by atoms with Crippen LogP contribution < -0.4 is 0 Å². The quantitative estimate of drug-likeness (QED) is 0.465. The minimum Gasteiger partial charge on any atom is -0.511 e. The monoisotopic (exact) mass is 424 g/mol. The van der Waals surface area contributed by atoms with Gasteiger partial charge in [-0.25, -0.2) is 4.79 Å². The molecular weight excluding hydrogens is 392 g/mol. The number of aliphatic hydroxyl groups excluding tert-OH is 1. The molecule has 1 heterocycles. The highest BCUT2D eigenvalue weighted by atomic mass is 32.2. The Kier molecular flexibility index (Phi) is 7.30. The van der Waals surface area contributed by atoms with Crippen LogP contribution in [0, 0.1) is 19.8 Å². The van der Waals surface area contributed by atoms with E-state index < -0.39 is 11.6 Å². The lowest BCUT2D eigenvalue weighted by atomic mass is 9.81. The van der Waals surface area contributed by atoms with Crippen LogP contribution in [-0.4, -0.2) is 11.1 Å². The topological polar surface area (TPSA) is 46.5 Å². The fourth-order valence-corrected chi connectivity index (χ4v) is 4.86. The number of thioether (sulfide) groups is 1. The van der Waals surface area contributed by atoms with Crippen molar-refractivity contribution in [1.82, 2.24) is 0 Å². The third-order valence-electron chi connectivity index (χ3n) is 6.10. The van der Waals surface area contributed by atoms with Gasteiger partial charge in [-0.15, -0.1) is 11.8 Å². The molecule has 0 saturated carbocycles.